The first-order valence-electron chi connectivity index (χ1n) is 15.0. The van der Waals surface area contributed by atoms with Gasteiger partial charge in [0.2, 0.25) is 17.7 Å². The molecule has 8 heteroatoms. The third-order valence-electron chi connectivity index (χ3n) is 10.1. The summed E-state index contributed by atoms with van der Waals surface area (Å²) in [7, 11) is 0. The molecule has 40 heavy (non-hydrogen) atoms. The highest BCUT2D eigenvalue weighted by atomic mass is 35.5. The number of anilines is 1. The van der Waals surface area contributed by atoms with Gasteiger partial charge in [-0.25, -0.2) is 0 Å². The maximum atomic E-state index is 14.2. The van der Waals surface area contributed by atoms with E-state index >= 15 is 0 Å². The first kappa shape index (κ1) is 27.5. The quantitative estimate of drug-likeness (QED) is 0.441. The van der Waals surface area contributed by atoms with Crippen LogP contribution in [0.25, 0.3) is 0 Å². The fourth-order valence-corrected chi connectivity index (χ4v) is 7.93. The van der Waals surface area contributed by atoms with E-state index in [1.165, 1.54) is 18.4 Å². The van der Waals surface area contributed by atoms with Crippen LogP contribution >= 0.6 is 11.6 Å². The van der Waals surface area contributed by atoms with Crippen molar-refractivity contribution in [2.75, 3.05) is 11.9 Å². The highest BCUT2D eigenvalue weighted by molar-refractivity contribution is 6.30. The van der Waals surface area contributed by atoms with Gasteiger partial charge in [0.1, 0.15) is 11.6 Å². The minimum Gasteiger partial charge on any atom is -0.359 e. The molecule has 0 radical (unpaired) electrons. The van der Waals surface area contributed by atoms with Gasteiger partial charge in [0, 0.05) is 23.3 Å². The summed E-state index contributed by atoms with van der Waals surface area (Å²) < 4.78 is 6.51. The van der Waals surface area contributed by atoms with Gasteiger partial charge in [-0.15, -0.1) is 0 Å². The fourth-order valence-electron chi connectivity index (χ4n) is 7.74. The smallest absolute Gasteiger partial charge is 0.246 e. The summed E-state index contributed by atoms with van der Waals surface area (Å²) in [5, 5.41) is 6.79. The molecule has 2 bridgehead atoms. The van der Waals surface area contributed by atoms with Crippen molar-refractivity contribution in [3.63, 3.8) is 0 Å². The molecule has 214 valence electrons. The lowest BCUT2D eigenvalue weighted by atomic mass is 9.73. The number of halogens is 1. The fraction of sp³-hybridized carbons (Fsp3) is 0.594. The molecule has 8 atom stereocenters. The lowest BCUT2D eigenvalue weighted by Crippen LogP contribution is -2.58. The molecule has 2 N–H and O–H groups in total. The Labute approximate surface area is 241 Å². The van der Waals surface area contributed by atoms with Crippen LogP contribution in [0.2, 0.25) is 5.02 Å². The summed E-state index contributed by atoms with van der Waals surface area (Å²) in [4.78, 5) is 43.7. The number of carbonyl (C=O) groups excluding carboxylic acids is 3. The predicted molar refractivity (Wildman–Crippen MR) is 155 cm³/mol. The Hall–Kier alpha value is -2.64. The second-order valence-corrected chi connectivity index (χ2v) is 12.9. The maximum Gasteiger partial charge on any atom is 0.246 e. The molecule has 3 fully saturated rings. The molecular formula is C32H40ClN3O4. The lowest BCUT2D eigenvalue weighted by molar-refractivity contribution is -0.141. The number of benzene rings is 1. The number of rotatable bonds is 7. The summed E-state index contributed by atoms with van der Waals surface area (Å²) in [6, 6.07) is 6.23. The topological polar surface area (TPSA) is 87.7 Å². The van der Waals surface area contributed by atoms with Crippen LogP contribution in [0.1, 0.15) is 65.2 Å². The second-order valence-electron chi connectivity index (χ2n) is 12.5. The SMILES string of the molecule is C[C@H]1[C@H](C)CCC[C@@H]1NC(=O)[C@@H]1N(CCC2=CCCCC2)C(=O)[C@@H]2[C@H](C(=O)Nc3cccc(Cl)c3)[C@@H]3C=C[C@]21O3. The molecular weight excluding hydrogens is 526 g/mol. The van der Waals surface area contributed by atoms with E-state index in [4.69, 9.17) is 16.3 Å². The van der Waals surface area contributed by atoms with Gasteiger partial charge >= 0.3 is 0 Å². The Balaban J connectivity index is 1.29. The number of nitrogens with one attached hydrogen (secondary N) is 2. The molecule has 1 saturated carbocycles. The Morgan fingerprint density at radius 3 is 2.77 bits per heavy atom. The Bertz CT molecular complexity index is 1250. The van der Waals surface area contributed by atoms with E-state index in [1.807, 2.05) is 12.2 Å². The molecule has 5 aliphatic rings. The maximum absolute atomic E-state index is 14.2. The van der Waals surface area contributed by atoms with E-state index in [2.05, 4.69) is 30.6 Å². The summed E-state index contributed by atoms with van der Waals surface area (Å²) in [5.41, 5.74) is 0.769. The van der Waals surface area contributed by atoms with Gasteiger partial charge < -0.3 is 20.3 Å². The Kier molecular flexibility index (Phi) is 7.55. The molecule has 7 nitrogen and oxygen atoms in total. The van der Waals surface area contributed by atoms with Crippen LogP contribution in [0.3, 0.4) is 0 Å². The van der Waals surface area contributed by atoms with E-state index in [9.17, 15) is 14.4 Å². The van der Waals surface area contributed by atoms with Crippen molar-refractivity contribution in [3.05, 3.63) is 53.1 Å². The van der Waals surface area contributed by atoms with Crippen LogP contribution in [0, 0.1) is 23.7 Å². The molecule has 1 aromatic carbocycles. The van der Waals surface area contributed by atoms with Gasteiger partial charge in [-0.2, -0.15) is 0 Å². The zero-order valence-corrected chi connectivity index (χ0v) is 24.2. The minimum absolute atomic E-state index is 0.0641. The molecule has 1 aromatic rings. The van der Waals surface area contributed by atoms with Gasteiger partial charge in [-0.05, 0) is 68.6 Å². The highest BCUT2D eigenvalue weighted by Gasteiger charge is 2.72. The van der Waals surface area contributed by atoms with E-state index in [-0.39, 0.29) is 23.8 Å². The molecule has 2 aliphatic carbocycles. The molecule has 3 amide bonds. The van der Waals surface area contributed by atoms with E-state index in [0.29, 0.717) is 29.1 Å². The number of fused-ring (bicyclic) bond motifs is 1. The van der Waals surface area contributed by atoms with Crippen molar-refractivity contribution in [1.29, 1.82) is 0 Å². The molecule has 1 spiro atoms. The standard InChI is InChI=1S/C32H40ClN3O4/c1-19-8-6-13-24(20(19)2)35-30(38)28-32-16-14-25(40-32)26(29(37)34-23-12-7-11-22(33)18-23)27(32)31(39)36(28)17-15-21-9-4-3-5-10-21/h7,9,11-12,14,16,18-20,24-28H,3-6,8,10,13,15,17H2,1-2H3,(H,34,37)(H,35,38)/t19-,20+,24+,25+,26-,27+,28+,32+/m1/s1. The van der Waals surface area contributed by atoms with Gasteiger partial charge in [0.25, 0.3) is 0 Å². The van der Waals surface area contributed by atoms with E-state index in [1.54, 1.807) is 29.2 Å². The van der Waals surface area contributed by atoms with E-state index in [0.717, 1.165) is 38.5 Å². The number of carbonyl (C=O) groups is 3. The van der Waals surface area contributed by atoms with Gasteiger partial charge in [-0.3, -0.25) is 14.4 Å². The summed E-state index contributed by atoms with van der Waals surface area (Å²) >= 11 is 6.14. The first-order valence-corrected chi connectivity index (χ1v) is 15.4. The Morgan fingerprint density at radius 2 is 2.00 bits per heavy atom. The van der Waals surface area contributed by atoms with Crippen LogP contribution in [-0.4, -0.2) is 53.0 Å². The van der Waals surface area contributed by atoms with Crippen LogP contribution < -0.4 is 10.6 Å². The molecule has 6 rings (SSSR count). The van der Waals surface area contributed by atoms with Crippen molar-refractivity contribution in [1.82, 2.24) is 10.2 Å². The molecule has 2 saturated heterocycles. The van der Waals surface area contributed by atoms with Gasteiger partial charge in [0.15, 0.2) is 0 Å². The zero-order valence-electron chi connectivity index (χ0n) is 23.4. The van der Waals surface area contributed by atoms with Gasteiger partial charge in [-0.1, -0.05) is 68.2 Å². The van der Waals surface area contributed by atoms with Crippen LogP contribution in [0.15, 0.2) is 48.1 Å². The van der Waals surface area contributed by atoms with Crippen molar-refractivity contribution in [3.8, 4) is 0 Å². The largest absolute Gasteiger partial charge is 0.359 e. The number of nitrogens with zero attached hydrogens (tertiary/aromatic N) is 1. The third-order valence-corrected chi connectivity index (χ3v) is 10.3. The van der Waals surface area contributed by atoms with Crippen LogP contribution in [0.5, 0.6) is 0 Å². The molecule has 0 unspecified atom stereocenters. The predicted octanol–water partition coefficient (Wildman–Crippen LogP) is 5.26. The number of allylic oxidation sites excluding steroid dienone is 1. The van der Waals surface area contributed by atoms with Crippen LogP contribution in [0.4, 0.5) is 5.69 Å². The summed E-state index contributed by atoms with van der Waals surface area (Å²) in [6.45, 7) is 4.90. The second kappa shape index (κ2) is 11.0. The monoisotopic (exact) mass is 565 g/mol. The lowest BCUT2D eigenvalue weighted by Gasteiger charge is -2.38. The highest BCUT2D eigenvalue weighted by Crippen LogP contribution is 2.55. The Morgan fingerprint density at radius 1 is 1.15 bits per heavy atom. The van der Waals surface area contributed by atoms with Crippen molar-refractivity contribution in [2.24, 2.45) is 23.7 Å². The average Bonchev–Trinajstić information content (AvgIpc) is 3.58. The van der Waals surface area contributed by atoms with Crippen molar-refractivity contribution in [2.45, 2.75) is 89.0 Å². The number of hydrogen-bond acceptors (Lipinski definition) is 4. The molecule has 3 heterocycles. The van der Waals surface area contributed by atoms with Crippen molar-refractivity contribution < 1.29 is 19.1 Å². The average molecular weight is 566 g/mol. The third kappa shape index (κ3) is 4.79. The van der Waals surface area contributed by atoms with Crippen LogP contribution in [-0.2, 0) is 19.1 Å². The van der Waals surface area contributed by atoms with Crippen molar-refractivity contribution >= 4 is 35.0 Å². The van der Waals surface area contributed by atoms with Gasteiger partial charge in [0.05, 0.1) is 17.9 Å². The first-order chi connectivity index (χ1) is 19.3. The molecule has 0 aromatic heterocycles. The normalized spacial score (nSPS) is 36.4. The number of likely N-dealkylation sites (tertiary alicyclic amines) is 1. The number of ether oxygens (including phenoxy) is 1. The molecule has 3 aliphatic heterocycles. The minimum atomic E-state index is -1.15. The van der Waals surface area contributed by atoms with E-state index < -0.39 is 29.6 Å². The number of amides is 3. The number of hydrogen-bond donors (Lipinski definition) is 2. The zero-order chi connectivity index (χ0) is 28.0. The summed E-state index contributed by atoms with van der Waals surface area (Å²) in [5.74, 6) is -1.21. The summed E-state index contributed by atoms with van der Waals surface area (Å²) in [6.07, 6.45) is 13.9.